The van der Waals surface area contributed by atoms with Crippen molar-refractivity contribution in [3.63, 3.8) is 0 Å². The lowest BCUT2D eigenvalue weighted by Crippen LogP contribution is -2.43. The first kappa shape index (κ1) is 19.8. The average molecular weight is 388 g/mol. The van der Waals surface area contributed by atoms with Crippen LogP contribution in [0, 0.1) is 11.8 Å². The molecule has 5 nitrogen and oxygen atoms in total. The van der Waals surface area contributed by atoms with Crippen LogP contribution in [-0.2, 0) is 11.3 Å². The van der Waals surface area contributed by atoms with Crippen LogP contribution in [0.2, 0.25) is 0 Å². The van der Waals surface area contributed by atoms with Gasteiger partial charge in [-0.2, -0.15) is 0 Å². The predicted molar refractivity (Wildman–Crippen MR) is 109 cm³/mol. The molecule has 6 heteroatoms. The van der Waals surface area contributed by atoms with Crippen LogP contribution in [0.15, 0.2) is 35.8 Å². The maximum atomic E-state index is 12.4. The Kier molecular flexibility index (Phi) is 6.85. The average Bonchev–Trinajstić information content (AvgIpc) is 3.21. The van der Waals surface area contributed by atoms with Crippen LogP contribution in [0.25, 0.3) is 0 Å². The number of ether oxygens (including phenoxy) is 1. The number of nitrogens with zero attached hydrogens (tertiary/aromatic N) is 2. The van der Waals surface area contributed by atoms with Crippen molar-refractivity contribution in [2.24, 2.45) is 11.8 Å². The van der Waals surface area contributed by atoms with Crippen molar-refractivity contribution < 1.29 is 9.53 Å². The quantitative estimate of drug-likeness (QED) is 0.783. The Hall–Kier alpha value is -1.92. The summed E-state index contributed by atoms with van der Waals surface area (Å²) in [5.74, 6) is 1.37. The minimum absolute atomic E-state index is 0.0135. The van der Waals surface area contributed by atoms with Crippen molar-refractivity contribution in [1.82, 2.24) is 15.2 Å². The predicted octanol–water partition coefficient (Wildman–Crippen LogP) is 3.88. The van der Waals surface area contributed by atoms with E-state index in [0.717, 1.165) is 43.2 Å². The number of carbonyl (C=O) groups is 1. The van der Waals surface area contributed by atoms with Crippen LogP contribution in [-0.4, -0.2) is 36.0 Å². The fourth-order valence-corrected chi connectivity index (χ4v) is 4.45. The van der Waals surface area contributed by atoms with Crippen molar-refractivity contribution in [1.29, 1.82) is 0 Å². The molecule has 27 heavy (non-hydrogen) atoms. The summed E-state index contributed by atoms with van der Waals surface area (Å²) in [6, 6.07) is 8.18. The van der Waals surface area contributed by atoms with Gasteiger partial charge in [-0.05, 0) is 31.4 Å². The Balaban J connectivity index is 1.73. The summed E-state index contributed by atoms with van der Waals surface area (Å²) < 4.78 is 5.51. The zero-order valence-corrected chi connectivity index (χ0v) is 17.2. The maximum Gasteiger partial charge on any atom is 0.223 e. The Morgan fingerprint density at radius 2 is 2.22 bits per heavy atom. The molecule has 0 aliphatic carbocycles. The van der Waals surface area contributed by atoms with Crippen molar-refractivity contribution in [2.75, 3.05) is 20.2 Å². The minimum atomic E-state index is -0.0271. The molecule has 2 heterocycles. The molecule has 0 spiro atoms. The van der Waals surface area contributed by atoms with Gasteiger partial charge in [-0.3, -0.25) is 9.69 Å². The normalized spacial score (nSPS) is 19.0. The third kappa shape index (κ3) is 5.08. The molecule has 3 rings (SSSR count). The van der Waals surface area contributed by atoms with E-state index in [1.807, 2.05) is 37.6 Å². The third-order valence-electron chi connectivity index (χ3n) is 5.14. The molecule has 1 aromatic carbocycles. The number of aromatic nitrogens is 1. The fourth-order valence-electron chi connectivity index (χ4n) is 3.67. The van der Waals surface area contributed by atoms with Crippen molar-refractivity contribution in [2.45, 2.75) is 39.3 Å². The van der Waals surface area contributed by atoms with Crippen LogP contribution in [0.5, 0.6) is 5.75 Å². The lowest BCUT2D eigenvalue weighted by molar-refractivity contribution is -0.125. The second kappa shape index (κ2) is 9.33. The van der Waals surface area contributed by atoms with E-state index in [1.165, 1.54) is 5.56 Å². The lowest BCUT2D eigenvalue weighted by atomic mass is 9.90. The van der Waals surface area contributed by atoms with Crippen molar-refractivity contribution in [3.05, 3.63) is 46.4 Å². The number of thiazole rings is 1. The van der Waals surface area contributed by atoms with E-state index in [1.54, 1.807) is 18.4 Å². The number of rotatable bonds is 7. The molecule has 0 unspecified atom stereocenters. The second-order valence-corrected chi connectivity index (χ2v) is 8.39. The van der Waals surface area contributed by atoms with Crippen LogP contribution < -0.4 is 10.1 Å². The number of piperidine rings is 1. The Labute approximate surface area is 165 Å². The summed E-state index contributed by atoms with van der Waals surface area (Å²) >= 11 is 1.63. The van der Waals surface area contributed by atoms with Crippen LogP contribution >= 0.6 is 11.3 Å². The molecule has 1 saturated heterocycles. The summed E-state index contributed by atoms with van der Waals surface area (Å²) in [5.41, 5.74) is 1.21. The summed E-state index contributed by atoms with van der Waals surface area (Å²) in [7, 11) is 1.72. The molecule has 1 aliphatic rings. The van der Waals surface area contributed by atoms with Gasteiger partial charge in [-0.25, -0.2) is 4.98 Å². The molecule has 1 aliphatic heterocycles. The highest BCUT2D eigenvalue weighted by Crippen LogP contribution is 2.32. The summed E-state index contributed by atoms with van der Waals surface area (Å²) in [6.07, 6.45) is 4.05. The number of likely N-dealkylation sites (tertiary alicyclic amines) is 1. The molecule has 1 N–H and O–H groups in total. The van der Waals surface area contributed by atoms with Gasteiger partial charge in [0.15, 0.2) is 0 Å². The number of nitrogens with one attached hydrogen (secondary N) is 1. The van der Waals surface area contributed by atoms with Gasteiger partial charge in [0.1, 0.15) is 10.8 Å². The molecule has 2 atom stereocenters. The first-order chi connectivity index (χ1) is 13.1. The molecule has 1 aromatic heterocycles. The molecule has 1 fully saturated rings. The highest BCUT2D eigenvalue weighted by atomic mass is 32.1. The van der Waals surface area contributed by atoms with Gasteiger partial charge < -0.3 is 10.1 Å². The smallest absolute Gasteiger partial charge is 0.223 e. The van der Waals surface area contributed by atoms with Crippen LogP contribution in [0.3, 0.4) is 0 Å². The van der Waals surface area contributed by atoms with E-state index in [9.17, 15) is 4.79 Å². The van der Waals surface area contributed by atoms with Gasteiger partial charge in [-0.15, -0.1) is 11.3 Å². The molecule has 146 valence electrons. The van der Waals surface area contributed by atoms with Crippen molar-refractivity contribution >= 4 is 17.2 Å². The molecule has 0 saturated carbocycles. The molecule has 0 radical (unpaired) electrons. The number of hydrogen-bond donors (Lipinski definition) is 1. The monoisotopic (exact) mass is 387 g/mol. The molecular weight excluding hydrogens is 358 g/mol. The standard InChI is InChI=1S/C21H29N3O2S/c1-15(2)20(25)23-19(21-22-10-12-27-21)17-8-6-11-24(14-17)13-16-7-4-5-9-18(16)26-3/h4-5,7,9-10,12,15,17,19H,6,8,11,13-14H2,1-3H3,(H,23,25)/t17-,19+/m0/s1. The minimum Gasteiger partial charge on any atom is -0.496 e. The number of methoxy groups -OCH3 is 1. The zero-order valence-electron chi connectivity index (χ0n) is 16.4. The third-order valence-corrected chi connectivity index (χ3v) is 6.00. The Morgan fingerprint density at radius 1 is 1.41 bits per heavy atom. The number of hydrogen-bond acceptors (Lipinski definition) is 5. The number of para-hydroxylation sites is 1. The van der Waals surface area contributed by atoms with E-state index in [-0.39, 0.29) is 17.9 Å². The number of amides is 1. The lowest BCUT2D eigenvalue weighted by Gasteiger charge is -2.37. The van der Waals surface area contributed by atoms with Gasteiger partial charge in [0.2, 0.25) is 5.91 Å². The fraction of sp³-hybridized carbons (Fsp3) is 0.524. The highest BCUT2D eigenvalue weighted by Gasteiger charge is 2.31. The molecule has 0 bridgehead atoms. The first-order valence-electron chi connectivity index (χ1n) is 9.62. The Morgan fingerprint density at radius 3 is 2.93 bits per heavy atom. The van der Waals surface area contributed by atoms with Crippen molar-refractivity contribution in [3.8, 4) is 5.75 Å². The Bertz CT molecular complexity index is 733. The number of carbonyl (C=O) groups excluding carboxylic acids is 1. The van der Waals surface area contributed by atoms with Gasteiger partial charge in [0.05, 0.1) is 13.2 Å². The van der Waals surface area contributed by atoms with E-state index < -0.39 is 0 Å². The van der Waals surface area contributed by atoms with Crippen LogP contribution in [0.1, 0.15) is 43.3 Å². The van der Waals surface area contributed by atoms with E-state index in [2.05, 4.69) is 27.3 Å². The SMILES string of the molecule is COc1ccccc1CN1CCC[C@H]([C@@H](NC(=O)C(C)C)c2nccs2)C1. The van der Waals surface area contributed by atoms with Gasteiger partial charge in [0.25, 0.3) is 0 Å². The summed E-state index contributed by atoms with van der Waals surface area (Å²) in [6.45, 7) is 6.74. The van der Waals surface area contributed by atoms with Gasteiger partial charge >= 0.3 is 0 Å². The molecule has 1 amide bonds. The maximum absolute atomic E-state index is 12.4. The molecular formula is C21H29N3O2S. The second-order valence-electron chi connectivity index (χ2n) is 7.46. The molecule has 2 aromatic rings. The van der Waals surface area contributed by atoms with E-state index in [4.69, 9.17) is 4.74 Å². The van der Waals surface area contributed by atoms with E-state index >= 15 is 0 Å². The topological polar surface area (TPSA) is 54.5 Å². The highest BCUT2D eigenvalue weighted by molar-refractivity contribution is 7.09. The van der Waals surface area contributed by atoms with Gasteiger partial charge in [-0.1, -0.05) is 32.0 Å². The van der Waals surface area contributed by atoms with Crippen LogP contribution in [0.4, 0.5) is 0 Å². The van der Waals surface area contributed by atoms with Gasteiger partial charge in [0, 0.05) is 36.1 Å². The number of benzene rings is 1. The summed E-state index contributed by atoms with van der Waals surface area (Å²) in [4.78, 5) is 19.4. The first-order valence-corrected chi connectivity index (χ1v) is 10.5. The largest absolute Gasteiger partial charge is 0.496 e. The van der Waals surface area contributed by atoms with E-state index in [0.29, 0.717) is 5.92 Å². The zero-order chi connectivity index (χ0) is 19.2. The summed E-state index contributed by atoms with van der Waals surface area (Å²) in [5, 5.41) is 6.25.